The van der Waals surface area contributed by atoms with E-state index in [0.29, 0.717) is 11.3 Å². The third kappa shape index (κ3) is 3.61. The Morgan fingerprint density at radius 2 is 1.95 bits per heavy atom. The van der Waals surface area contributed by atoms with E-state index in [0.717, 1.165) is 12.1 Å². The molecule has 22 heavy (non-hydrogen) atoms. The average Bonchev–Trinajstić information content (AvgIpc) is 2.86. The average molecular weight is 333 g/mol. The molecule has 1 amide bonds. The Balaban J connectivity index is 2.30. The van der Waals surface area contributed by atoms with Gasteiger partial charge in [-0.05, 0) is 30.3 Å². The van der Waals surface area contributed by atoms with Crippen LogP contribution in [-0.2, 0) is 11.0 Å². The highest BCUT2D eigenvalue weighted by atomic mass is 35.5. The maximum Gasteiger partial charge on any atom is 0.416 e. The van der Waals surface area contributed by atoms with E-state index in [1.165, 1.54) is 18.2 Å². The number of benzene rings is 1. The SMILES string of the molecule is NC(=O)CC(N)c1ccc(-c2ccc(C(F)(F)F)cc2Cl)o1. The molecule has 2 rings (SSSR count). The summed E-state index contributed by atoms with van der Waals surface area (Å²) in [5.74, 6) is -0.0311. The van der Waals surface area contributed by atoms with Crippen molar-refractivity contribution in [3.63, 3.8) is 0 Å². The minimum Gasteiger partial charge on any atom is -0.459 e. The summed E-state index contributed by atoms with van der Waals surface area (Å²) in [6, 6.07) is 5.27. The summed E-state index contributed by atoms with van der Waals surface area (Å²) in [4.78, 5) is 10.8. The number of halogens is 4. The molecule has 1 aromatic carbocycles. The van der Waals surface area contributed by atoms with E-state index < -0.39 is 23.7 Å². The quantitative estimate of drug-likeness (QED) is 0.899. The second-order valence-corrected chi connectivity index (χ2v) is 5.08. The fraction of sp³-hybridized carbons (Fsp3) is 0.214. The fourth-order valence-electron chi connectivity index (χ4n) is 1.91. The van der Waals surface area contributed by atoms with Crippen LogP contribution in [0.5, 0.6) is 0 Å². The molecule has 4 N–H and O–H groups in total. The molecule has 1 atom stereocenters. The number of alkyl halides is 3. The zero-order valence-corrected chi connectivity index (χ0v) is 11.9. The summed E-state index contributed by atoms with van der Waals surface area (Å²) in [6.45, 7) is 0. The molecule has 0 radical (unpaired) electrons. The Bertz CT molecular complexity index is 698. The van der Waals surface area contributed by atoms with E-state index >= 15 is 0 Å². The summed E-state index contributed by atoms with van der Waals surface area (Å²) in [5.41, 5.74) is 10.2. The Morgan fingerprint density at radius 1 is 1.27 bits per heavy atom. The van der Waals surface area contributed by atoms with Crippen molar-refractivity contribution in [2.45, 2.75) is 18.6 Å². The second-order valence-electron chi connectivity index (χ2n) is 4.67. The molecule has 1 heterocycles. The van der Waals surface area contributed by atoms with Gasteiger partial charge in [-0.2, -0.15) is 13.2 Å². The zero-order chi connectivity index (χ0) is 16.5. The number of amides is 1. The zero-order valence-electron chi connectivity index (χ0n) is 11.2. The summed E-state index contributed by atoms with van der Waals surface area (Å²) in [5, 5.41) is -0.0980. The van der Waals surface area contributed by atoms with E-state index in [1.54, 1.807) is 0 Å². The van der Waals surface area contributed by atoms with E-state index in [9.17, 15) is 18.0 Å². The van der Waals surface area contributed by atoms with E-state index in [-0.39, 0.29) is 17.2 Å². The van der Waals surface area contributed by atoms with E-state index in [1.807, 2.05) is 0 Å². The number of nitrogens with two attached hydrogens (primary N) is 2. The highest BCUT2D eigenvalue weighted by Gasteiger charge is 2.31. The lowest BCUT2D eigenvalue weighted by Crippen LogP contribution is -2.20. The van der Waals surface area contributed by atoms with Crippen molar-refractivity contribution in [2.75, 3.05) is 0 Å². The minimum absolute atomic E-state index is 0.0980. The van der Waals surface area contributed by atoms with Gasteiger partial charge in [0.1, 0.15) is 11.5 Å². The van der Waals surface area contributed by atoms with Crippen molar-refractivity contribution >= 4 is 17.5 Å². The lowest BCUT2D eigenvalue weighted by molar-refractivity contribution is -0.137. The number of hydrogen-bond donors (Lipinski definition) is 2. The maximum absolute atomic E-state index is 12.6. The topological polar surface area (TPSA) is 82.2 Å². The van der Waals surface area contributed by atoms with E-state index in [4.69, 9.17) is 27.5 Å². The number of rotatable bonds is 4. The number of hydrogen-bond acceptors (Lipinski definition) is 3. The lowest BCUT2D eigenvalue weighted by atomic mass is 10.1. The lowest BCUT2D eigenvalue weighted by Gasteiger charge is -2.09. The molecule has 2 aromatic rings. The van der Waals surface area contributed by atoms with Gasteiger partial charge in [0.2, 0.25) is 5.91 Å². The van der Waals surface area contributed by atoms with Crippen LogP contribution >= 0.6 is 11.6 Å². The summed E-state index contributed by atoms with van der Waals surface area (Å²) < 4.78 is 43.2. The van der Waals surface area contributed by atoms with Gasteiger partial charge in [0, 0.05) is 12.0 Å². The molecular formula is C14H12ClF3N2O2. The smallest absolute Gasteiger partial charge is 0.416 e. The van der Waals surface area contributed by atoms with Gasteiger partial charge < -0.3 is 15.9 Å². The normalized spacial score (nSPS) is 13.1. The molecule has 0 bridgehead atoms. The Morgan fingerprint density at radius 3 is 2.50 bits per heavy atom. The number of furan rings is 1. The van der Waals surface area contributed by atoms with Crippen LogP contribution in [0.4, 0.5) is 13.2 Å². The van der Waals surface area contributed by atoms with Crippen LogP contribution in [0, 0.1) is 0 Å². The van der Waals surface area contributed by atoms with Crippen LogP contribution in [0.25, 0.3) is 11.3 Å². The molecule has 0 aliphatic rings. The first-order valence-electron chi connectivity index (χ1n) is 6.19. The summed E-state index contributed by atoms with van der Waals surface area (Å²) in [6.07, 6.45) is -4.58. The van der Waals surface area contributed by atoms with Crippen molar-refractivity contribution in [1.29, 1.82) is 0 Å². The highest BCUT2D eigenvalue weighted by Crippen LogP contribution is 2.36. The molecule has 0 saturated carbocycles. The first-order chi connectivity index (χ1) is 10.2. The molecule has 1 aromatic heterocycles. The van der Waals surface area contributed by atoms with Gasteiger partial charge in [-0.25, -0.2) is 0 Å². The molecule has 0 aliphatic carbocycles. The van der Waals surface area contributed by atoms with Gasteiger partial charge in [0.15, 0.2) is 0 Å². The first kappa shape index (κ1) is 16.4. The molecule has 0 aliphatic heterocycles. The molecule has 4 nitrogen and oxygen atoms in total. The standard InChI is InChI=1S/C14H12ClF3N2O2/c15-9-5-7(14(16,17)18)1-2-8(9)11-3-4-12(22-11)10(19)6-13(20)21/h1-5,10H,6,19H2,(H2,20,21). The number of carbonyl (C=O) groups excluding carboxylic acids is 1. The van der Waals surface area contributed by atoms with Crippen molar-refractivity contribution in [1.82, 2.24) is 0 Å². The van der Waals surface area contributed by atoms with Gasteiger partial charge in [-0.3, -0.25) is 4.79 Å². The Labute approximate surface area is 128 Å². The third-order valence-electron chi connectivity index (χ3n) is 2.98. The van der Waals surface area contributed by atoms with Gasteiger partial charge in [-0.1, -0.05) is 11.6 Å². The van der Waals surface area contributed by atoms with Gasteiger partial charge in [0.05, 0.1) is 16.6 Å². The second kappa shape index (κ2) is 6.02. The molecule has 1 unspecified atom stereocenters. The molecule has 0 spiro atoms. The van der Waals surface area contributed by atoms with Crippen LogP contribution in [0.15, 0.2) is 34.7 Å². The van der Waals surface area contributed by atoms with Crippen LogP contribution in [0.3, 0.4) is 0 Å². The minimum atomic E-state index is -4.47. The monoisotopic (exact) mass is 332 g/mol. The van der Waals surface area contributed by atoms with Crippen molar-refractivity contribution in [3.05, 3.63) is 46.7 Å². The van der Waals surface area contributed by atoms with Crippen molar-refractivity contribution < 1.29 is 22.4 Å². The first-order valence-corrected chi connectivity index (χ1v) is 6.57. The maximum atomic E-state index is 12.6. The molecule has 0 fully saturated rings. The Kier molecular flexibility index (Phi) is 4.48. The summed E-state index contributed by atoms with van der Waals surface area (Å²) in [7, 11) is 0. The van der Waals surface area contributed by atoms with E-state index in [2.05, 4.69) is 0 Å². The Hall–Kier alpha value is -1.99. The number of carbonyl (C=O) groups is 1. The van der Waals surface area contributed by atoms with Crippen molar-refractivity contribution in [3.8, 4) is 11.3 Å². The molecule has 8 heteroatoms. The van der Waals surface area contributed by atoms with Gasteiger partial charge >= 0.3 is 6.18 Å². The predicted molar refractivity (Wildman–Crippen MR) is 74.9 cm³/mol. The summed E-state index contributed by atoms with van der Waals surface area (Å²) >= 11 is 5.88. The van der Waals surface area contributed by atoms with Gasteiger partial charge in [-0.15, -0.1) is 0 Å². The third-order valence-corrected chi connectivity index (χ3v) is 3.29. The molecule has 118 valence electrons. The molecular weight excluding hydrogens is 321 g/mol. The molecule has 0 saturated heterocycles. The number of primary amides is 1. The van der Waals surface area contributed by atoms with Crippen molar-refractivity contribution in [2.24, 2.45) is 11.5 Å². The fourth-order valence-corrected chi connectivity index (χ4v) is 2.18. The van der Waals surface area contributed by atoms with Gasteiger partial charge in [0.25, 0.3) is 0 Å². The van der Waals surface area contributed by atoms with Crippen LogP contribution < -0.4 is 11.5 Å². The highest BCUT2D eigenvalue weighted by molar-refractivity contribution is 6.33. The van der Waals surface area contributed by atoms with Crippen LogP contribution in [-0.4, -0.2) is 5.91 Å². The predicted octanol–water partition coefficient (Wildman–Crippen LogP) is 3.49. The van der Waals surface area contributed by atoms with Crippen LogP contribution in [0.1, 0.15) is 23.8 Å². The van der Waals surface area contributed by atoms with Crippen LogP contribution in [0.2, 0.25) is 5.02 Å². The largest absolute Gasteiger partial charge is 0.459 e.